The Balaban J connectivity index is 1.44. The van der Waals surface area contributed by atoms with Gasteiger partial charge in [0, 0.05) is 40.4 Å². The predicted molar refractivity (Wildman–Crippen MR) is 124 cm³/mol. The molecule has 4 aromatic rings. The van der Waals surface area contributed by atoms with Crippen LogP contribution in [0.5, 0.6) is 0 Å². The molecule has 0 fully saturated rings. The predicted octanol–water partition coefficient (Wildman–Crippen LogP) is 6.04. The Hall–Kier alpha value is -4.10. The van der Waals surface area contributed by atoms with E-state index >= 15 is 0 Å². The van der Waals surface area contributed by atoms with Crippen molar-refractivity contribution in [3.05, 3.63) is 106 Å². The Bertz CT molecular complexity index is 1250. The molecule has 152 valence electrons. The molecule has 1 heterocycles. The molecular weight excluding hydrogens is 410 g/mol. The van der Waals surface area contributed by atoms with Crippen molar-refractivity contribution >= 4 is 34.7 Å². The molecule has 0 spiro atoms. The number of nitrogens with zero attached hydrogens (tertiary/aromatic N) is 2. The first-order valence-electron chi connectivity index (χ1n) is 9.43. The fraction of sp³-hybridized carbons (Fsp3) is 0. The van der Waals surface area contributed by atoms with Gasteiger partial charge >= 0.3 is 0 Å². The van der Waals surface area contributed by atoms with Crippen LogP contribution in [0.2, 0.25) is 0 Å². The molecule has 0 radical (unpaired) electrons. The van der Waals surface area contributed by atoms with Gasteiger partial charge in [-0.2, -0.15) is 0 Å². The average Bonchev–Trinajstić information content (AvgIpc) is 3.29. The summed E-state index contributed by atoms with van der Waals surface area (Å²) in [6, 6.07) is 23.5. The largest absolute Gasteiger partial charge is 0.322 e. The Morgan fingerprint density at radius 1 is 0.968 bits per heavy atom. The SMILES string of the molecule is O=C(/C=C/c1ccc([N+](=O)[O-])cc1)Nc1cccc(-c2csc(-c3ccccc3)n2)c1. The summed E-state index contributed by atoms with van der Waals surface area (Å²) in [5.74, 6) is -0.293. The summed E-state index contributed by atoms with van der Waals surface area (Å²) in [4.78, 5) is 27.2. The molecule has 0 unspecified atom stereocenters. The standard InChI is InChI=1S/C24H17N3O3S/c28-23(14-11-17-9-12-21(13-10-17)27(29)30)25-20-8-4-7-19(15-20)22-16-31-24(26-22)18-5-2-1-3-6-18/h1-16H,(H,25,28)/b14-11+. The fourth-order valence-corrected chi connectivity index (χ4v) is 3.77. The van der Waals surface area contributed by atoms with E-state index in [-0.39, 0.29) is 11.6 Å². The molecule has 0 saturated heterocycles. The van der Waals surface area contributed by atoms with E-state index in [0.29, 0.717) is 11.3 Å². The van der Waals surface area contributed by atoms with E-state index < -0.39 is 4.92 Å². The number of carbonyl (C=O) groups excluding carboxylic acids is 1. The van der Waals surface area contributed by atoms with Crippen molar-refractivity contribution in [2.24, 2.45) is 0 Å². The summed E-state index contributed by atoms with van der Waals surface area (Å²) in [6.07, 6.45) is 3.00. The number of nitrogens with one attached hydrogen (secondary N) is 1. The van der Waals surface area contributed by atoms with Gasteiger partial charge in [-0.25, -0.2) is 4.98 Å². The van der Waals surface area contributed by atoms with Gasteiger partial charge < -0.3 is 5.32 Å². The minimum atomic E-state index is -0.460. The maximum absolute atomic E-state index is 12.3. The molecular formula is C24H17N3O3S. The molecule has 6 nitrogen and oxygen atoms in total. The normalized spacial score (nSPS) is 10.8. The molecule has 0 atom stereocenters. The minimum Gasteiger partial charge on any atom is -0.322 e. The number of nitro benzene ring substituents is 1. The number of nitro groups is 1. The van der Waals surface area contributed by atoms with Crippen molar-refractivity contribution in [1.82, 2.24) is 4.98 Å². The summed E-state index contributed by atoms with van der Waals surface area (Å²) < 4.78 is 0. The first-order chi connectivity index (χ1) is 15.1. The molecule has 31 heavy (non-hydrogen) atoms. The van der Waals surface area contributed by atoms with E-state index in [9.17, 15) is 14.9 Å². The van der Waals surface area contributed by atoms with Gasteiger partial charge in [-0.15, -0.1) is 11.3 Å². The van der Waals surface area contributed by atoms with Gasteiger partial charge in [-0.1, -0.05) is 42.5 Å². The lowest BCUT2D eigenvalue weighted by atomic mass is 10.1. The van der Waals surface area contributed by atoms with E-state index in [2.05, 4.69) is 5.32 Å². The highest BCUT2D eigenvalue weighted by atomic mass is 32.1. The highest BCUT2D eigenvalue weighted by Gasteiger charge is 2.08. The number of hydrogen-bond acceptors (Lipinski definition) is 5. The van der Waals surface area contributed by atoms with Crippen LogP contribution < -0.4 is 5.32 Å². The first kappa shape index (κ1) is 20.2. The van der Waals surface area contributed by atoms with E-state index in [1.54, 1.807) is 29.5 Å². The Morgan fingerprint density at radius 2 is 1.71 bits per heavy atom. The van der Waals surface area contributed by atoms with Gasteiger partial charge in [-0.05, 0) is 35.9 Å². The van der Waals surface area contributed by atoms with Crippen LogP contribution in [-0.4, -0.2) is 15.8 Å². The number of rotatable bonds is 6. The number of thiazole rings is 1. The fourth-order valence-electron chi connectivity index (χ4n) is 2.94. The molecule has 4 rings (SSSR count). The second-order valence-corrected chi connectivity index (χ2v) is 7.51. The molecule has 1 aromatic heterocycles. The number of hydrogen-bond donors (Lipinski definition) is 1. The van der Waals surface area contributed by atoms with Gasteiger partial charge in [0.15, 0.2) is 0 Å². The van der Waals surface area contributed by atoms with Gasteiger partial charge in [0.1, 0.15) is 5.01 Å². The third-order valence-electron chi connectivity index (χ3n) is 4.48. The smallest absolute Gasteiger partial charge is 0.269 e. The first-order valence-corrected chi connectivity index (χ1v) is 10.3. The molecule has 7 heteroatoms. The number of amides is 1. The zero-order valence-corrected chi connectivity index (χ0v) is 17.1. The summed E-state index contributed by atoms with van der Waals surface area (Å²) in [5, 5.41) is 16.5. The van der Waals surface area contributed by atoms with Crippen LogP contribution in [0.4, 0.5) is 11.4 Å². The van der Waals surface area contributed by atoms with E-state index in [1.165, 1.54) is 18.2 Å². The Morgan fingerprint density at radius 3 is 2.45 bits per heavy atom. The van der Waals surface area contributed by atoms with Crippen molar-refractivity contribution < 1.29 is 9.72 Å². The number of carbonyl (C=O) groups is 1. The minimum absolute atomic E-state index is 0.0101. The molecule has 0 saturated carbocycles. The number of non-ortho nitro benzene ring substituents is 1. The lowest BCUT2D eigenvalue weighted by molar-refractivity contribution is -0.384. The summed E-state index contributed by atoms with van der Waals surface area (Å²) in [7, 11) is 0. The topological polar surface area (TPSA) is 85.1 Å². The van der Waals surface area contributed by atoms with Gasteiger partial charge in [0.05, 0.1) is 10.6 Å². The molecule has 0 bridgehead atoms. The summed E-state index contributed by atoms with van der Waals surface area (Å²) in [6.45, 7) is 0. The highest BCUT2D eigenvalue weighted by molar-refractivity contribution is 7.13. The lowest BCUT2D eigenvalue weighted by Crippen LogP contribution is -2.07. The molecule has 1 amide bonds. The molecule has 3 aromatic carbocycles. The van der Waals surface area contributed by atoms with Gasteiger partial charge in [0.25, 0.3) is 5.69 Å². The van der Waals surface area contributed by atoms with E-state index in [1.807, 2.05) is 60.0 Å². The molecule has 0 aliphatic rings. The Labute approximate surface area is 182 Å². The third kappa shape index (κ3) is 5.09. The Kier molecular flexibility index (Phi) is 5.96. The zero-order chi connectivity index (χ0) is 21.6. The second kappa shape index (κ2) is 9.15. The van der Waals surface area contributed by atoms with E-state index in [4.69, 9.17) is 4.98 Å². The highest BCUT2D eigenvalue weighted by Crippen LogP contribution is 2.29. The number of benzene rings is 3. The van der Waals surface area contributed by atoms with Crippen molar-refractivity contribution in [3.8, 4) is 21.8 Å². The van der Waals surface area contributed by atoms with Crippen LogP contribution in [0.15, 0.2) is 90.3 Å². The molecule has 0 aliphatic carbocycles. The molecule has 1 N–H and O–H groups in total. The van der Waals surface area contributed by atoms with Gasteiger partial charge in [-0.3, -0.25) is 14.9 Å². The van der Waals surface area contributed by atoms with E-state index in [0.717, 1.165) is 21.8 Å². The van der Waals surface area contributed by atoms with Crippen LogP contribution >= 0.6 is 11.3 Å². The van der Waals surface area contributed by atoms with Crippen LogP contribution in [-0.2, 0) is 4.79 Å². The second-order valence-electron chi connectivity index (χ2n) is 6.66. The van der Waals surface area contributed by atoms with Crippen molar-refractivity contribution in [1.29, 1.82) is 0 Å². The maximum Gasteiger partial charge on any atom is 0.269 e. The van der Waals surface area contributed by atoms with Crippen molar-refractivity contribution in [2.45, 2.75) is 0 Å². The lowest BCUT2D eigenvalue weighted by Gasteiger charge is -2.04. The number of aromatic nitrogens is 1. The average molecular weight is 427 g/mol. The number of anilines is 1. The summed E-state index contributed by atoms with van der Waals surface area (Å²) >= 11 is 1.57. The molecule has 0 aliphatic heterocycles. The van der Waals surface area contributed by atoms with Crippen LogP contribution in [0.1, 0.15) is 5.56 Å². The quantitative estimate of drug-likeness (QED) is 0.231. The van der Waals surface area contributed by atoms with Crippen molar-refractivity contribution in [2.75, 3.05) is 5.32 Å². The van der Waals surface area contributed by atoms with Crippen LogP contribution in [0.3, 0.4) is 0 Å². The maximum atomic E-state index is 12.3. The van der Waals surface area contributed by atoms with Crippen LogP contribution in [0, 0.1) is 10.1 Å². The summed E-state index contributed by atoms with van der Waals surface area (Å²) in [5.41, 5.74) is 4.20. The zero-order valence-electron chi connectivity index (χ0n) is 16.3. The van der Waals surface area contributed by atoms with Crippen molar-refractivity contribution in [3.63, 3.8) is 0 Å². The van der Waals surface area contributed by atoms with Gasteiger partial charge in [0.2, 0.25) is 5.91 Å². The monoisotopic (exact) mass is 427 g/mol. The van der Waals surface area contributed by atoms with Crippen LogP contribution in [0.25, 0.3) is 27.9 Å². The third-order valence-corrected chi connectivity index (χ3v) is 5.37.